The van der Waals surface area contributed by atoms with E-state index in [4.69, 9.17) is 13.9 Å². The zero-order chi connectivity index (χ0) is 13.9. The van der Waals surface area contributed by atoms with E-state index >= 15 is 0 Å². The first-order valence-electron chi connectivity index (χ1n) is 6.13. The highest BCUT2D eigenvalue weighted by Crippen LogP contribution is 2.34. The van der Waals surface area contributed by atoms with E-state index in [1.54, 1.807) is 30.3 Å². The highest BCUT2D eigenvalue weighted by molar-refractivity contribution is 5.91. The van der Waals surface area contributed by atoms with Gasteiger partial charge in [0.05, 0.1) is 12.4 Å². The second-order valence-corrected chi connectivity index (χ2v) is 4.32. The molecule has 2 N–H and O–H groups in total. The molecule has 0 radical (unpaired) electrons. The van der Waals surface area contributed by atoms with Crippen LogP contribution < -0.4 is 14.8 Å². The van der Waals surface area contributed by atoms with Gasteiger partial charge in [0.25, 0.3) is 5.91 Å². The first-order valence-corrected chi connectivity index (χ1v) is 6.13. The van der Waals surface area contributed by atoms with Crippen molar-refractivity contribution < 1.29 is 23.8 Å². The van der Waals surface area contributed by atoms with Gasteiger partial charge in [-0.1, -0.05) is 6.07 Å². The van der Waals surface area contributed by atoms with E-state index in [0.717, 1.165) is 0 Å². The zero-order valence-corrected chi connectivity index (χ0v) is 10.5. The number of carbonyl (C=O) groups excluding carboxylic acids is 1. The Morgan fingerprint density at radius 2 is 2.15 bits per heavy atom. The maximum atomic E-state index is 11.7. The Kier molecular flexibility index (Phi) is 3.30. The first kappa shape index (κ1) is 12.6. The van der Waals surface area contributed by atoms with Crippen molar-refractivity contribution in [2.24, 2.45) is 0 Å². The van der Waals surface area contributed by atoms with Crippen LogP contribution in [0.15, 0.2) is 41.0 Å². The first-order chi connectivity index (χ1) is 9.74. The summed E-state index contributed by atoms with van der Waals surface area (Å²) < 4.78 is 15.4. The number of nitrogens with one attached hydrogen (secondary N) is 1. The molecule has 0 saturated heterocycles. The summed E-state index contributed by atoms with van der Waals surface area (Å²) in [6.45, 7) is 0.267. The third kappa shape index (κ3) is 2.46. The topological polar surface area (TPSA) is 80.9 Å². The summed E-state index contributed by atoms with van der Waals surface area (Å²) in [5.74, 6) is 1.09. The third-order valence-electron chi connectivity index (χ3n) is 2.98. The average Bonchev–Trinajstić information content (AvgIpc) is 3.13. The van der Waals surface area contributed by atoms with Crippen LogP contribution in [0.3, 0.4) is 0 Å². The van der Waals surface area contributed by atoms with Gasteiger partial charge in [0.1, 0.15) is 0 Å². The van der Waals surface area contributed by atoms with Gasteiger partial charge in [-0.2, -0.15) is 0 Å². The summed E-state index contributed by atoms with van der Waals surface area (Å²) in [5, 5.41) is 12.7. The van der Waals surface area contributed by atoms with Gasteiger partial charge in [0, 0.05) is 6.54 Å². The maximum Gasteiger partial charge on any atom is 0.287 e. The minimum absolute atomic E-state index is 0.0825. The number of carbonyl (C=O) groups is 1. The van der Waals surface area contributed by atoms with Crippen LogP contribution in [-0.2, 0) is 0 Å². The SMILES string of the molecule is O=C(NCC(O)c1ccc2c(c1)OCO2)c1ccco1. The van der Waals surface area contributed by atoms with Gasteiger partial charge in [-0.3, -0.25) is 4.79 Å². The molecule has 1 atom stereocenters. The third-order valence-corrected chi connectivity index (χ3v) is 2.98. The fraction of sp³-hybridized carbons (Fsp3) is 0.214. The Hall–Kier alpha value is -2.47. The van der Waals surface area contributed by atoms with Gasteiger partial charge in [-0.05, 0) is 29.8 Å². The maximum absolute atomic E-state index is 11.7. The second kappa shape index (κ2) is 5.26. The fourth-order valence-electron chi connectivity index (χ4n) is 1.92. The number of rotatable bonds is 4. The number of hydrogen-bond donors (Lipinski definition) is 2. The predicted octanol–water partition coefficient (Wildman–Crippen LogP) is 1.47. The van der Waals surface area contributed by atoms with Gasteiger partial charge in [-0.15, -0.1) is 0 Å². The van der Waals surface area contributed by atoms with Crippen molar-refractivity contribution in [3.05, 3.63) is 47.9 Å². The number of fused-ring (bicyclic) bond motifs is 1. The molecule has 1 aliphatic rings. The number of aliphatic hydroxyl groups is 1. The lowest BCUT2D eigenvalue weighted by molar-refractivity contribution is 0.0889. The van der Waals surface area contributed by atoms with Gasteiger partial charge in [0.15, 0.2) is 17.3 Å². The Bertz CT molecular complexity index is 608. The quantitative estimate of drug-likeness (QED) is 0.883. The van der Waals surface area contributed by atoms with Crippen molar-refractivity contribution in [2.45, 2.75) is 6.10 Å². The van der Waals surface area contributed by atoms with Gasteiger partial charge < -0.3 is 24.3 Å². The molecule has 0 saturated carbocycles. The molecule has 0 fully saturated rings. The van der Waals surface area contributed by atoms with Gasteiger partial charge >= 0.3 is 0 Å². The molecule has 0 aliphatic carbocycles. The molecule has 6 heteroatoms. The predicted molar refractivity (Wildman–Crippen MR) is 68.6 cm³/mol. The molecule has 1 amide bonds. The number of ether oxygens (including phenoxy) is 2. The molecule has 1 unspecified atom stereocenters. The Morgan fingerprint density at radius 1 is 1.30 bits per heavy atom. The molecule has 1 aromatic carbocycles. The summed E-state index contributed by atoms with van der Waals surface area (Å²) in [6, 6.07) is 8.35. The van der Waals surface area contributed by atoms with E-state index in [0.29, 0.717) is 17.1 Å². The molecule has 0 bridgehead atoms. The smallest absolute Gasteiger partial charge is 0.287 e. The zero-order valence-electron chi connectivity index (χ0n) is 10.5. The van der Waals surface area contributed by atoms with Crippen LogP contribution in [-0.4, -0.2) is 24.4 Å². The summed E-state index contributed by atoms with van der Waals surface area (Å²) >= 11 is 0. The van der Waals surface area contributed by atoms with Crippen molar-refractivity contribution >= 4 is 5.91 Å². The number of aliphatic hydroxyl groups excluding tert-OH is 1. The summed E-state index contributed by atoms with van der Waals surface area (Å²) in [4.78, 5) is 11.7. The summed E-state index contributed by atoms with van der Waals surface area (Å²) in [5.41, 5.74) is 0.647. The van der Waals surface area contributed by atoms with Crippen molar-refractivity contribution in [2.75, 3.05) is 13.3 Å². The van der Waals surface area contributed by atoms with Crippen LogP contribution >= 0.6 is 0 Å². The van der Waals surface area contributed by atoms with Crippen molar-refractivity contribution in [1.82, 2.24) is 5.32 Å². The molecule has 1 aliphatic heterocycles. The van der Waals surface area contributed by atoms with Crippen molar-refractivity contribution in [1.29, 1.82) is 0 Å². The number of benzene rings is 1. The monoisotopic (exact) mass is 275 g/mol. The van der Waals surface area contributed by atoms with E-state index in [1.807, 2.05) is 0 Å². The average molecular weight is 275 g/mol. The van der Waals surface area contributed by atoms with Gasteiger partial charge in [0.2, 0.25) is 6.79 Å². The standard InChI is InChI=1S/C14H13NO5/c16-10(7-15-14(17)12-2-1-5-18-12)9-3-4-11-13(6-9)20-8-19-11/h1-6,10,16H,7-8H2,(H,15,17). The molecule has 0 spiro atoms. The lowest BCUT2D eigenvalue weighted by atomic mass is 10.1. The van der Waals surface area contributed by atoms with Crippen molar-refractivity contribution in [3.63, 3.8) is 0 Å². The van der Waals surface area contributed by atoms with Crippen molar-refractivity contribution in [3.8, 4) is 11.5 Å². The van der Waals surface area contributed by atoms with Crippen LogP contribution in [0, 0.1) is 0 Å². The highest BCUT2D eigenvalue weighted by Gasteiger charge is 2.17. The molecule has 1 aromatic heterocycles. The minimum atomic E-state index is -0.830. The summed E-state index contributed by atoms with van der Waals surface area (Å²) in [6.07, 6.45) is 0.590. The van der Waals surface area contributed by atoms with Crippen LogP contribution in [0.2, 0.25) is 0 Å². The minimum Gasteiger partial charge on any atom is -0.459 e. The lowest BCUT2D eigenvalue weighted by Gasteiger charge is -2.12. The number of furan rings is 1. The van der Waals surface area contributed by atoms with Gasteiger partial charge in [-0.25, -0.2) is 0 Å². The van der Waals surface area contributed by atoms with E-state index in [9.17, 15) is 9.90 Å². The Balaban J connectivity index is 1.62. The van der Waals surface area contributed by atoms with E-state index < -0.39 is 6.10 Å². The molecule has 3 rings (SSSR count). The number of amides is 1. The second-order valence-electron chi connectivity index (χ2n) is 4.32. The molecule has 104 valence electrons. The largest absolute Gasteiger partial charge is 0.459 e. The highest BCUT2D eigenvalue weighted by atomic mass is 16.7. The number of hydrogen-bond acceptors (Lipinski definition) is 5. The summed E-state index contributed by atoms with van der Waals surface area (Å²) in [7, 11) is 0. The molecular formula is C14H13NO5. The van der Waals surface area contributed by atoms with Crippen LogP contribution in [0.25, 0.3) is 0 Å². The Labute approximate surface area is 114 Å². The van der Waals surface area contributed by atoms with Crippen LogP contribution in [0.5, 0.6) is 11.5 Å². The normalized spacial score (nSPS) is 14.1. The van der Waals surface area contributed by atoms with E-state index in [-0.39, 0.29) is 25.0 Å². The van der Waals surface area contributed by atoms with E-state index in [2.05, 4.69) is 5.32 Å². The van der Waals surface area contributed by atoms with Crippen LogP contribution in [0.4, 0.5) is 0 Å². The van der Waals surface area contributed by atoms with E-state index in [1.165, 1.54) is 6.26 Å². The van der Waals surface area contributed by atoms with Crippen LogP contribution in [0.1, 0.15) is 22.2 Å². The molecule has 6 nitrogen and oxygen atoms in total. The molecule has 2 aromatic rings. The molecule has 2 heterocycles. The fourth-order valence-corrected chi connectivity index (χ4v) is 1.92. The Morgan fingerprint density at radius 3 is 2.95 bits per heavy atom. The molecule has 20 heavy (non-hydrogen) atoms. The lowest BCUT2D eigenvalue weighted by Crippen LogP contribution is -2.28. The molecular weight excluding hydrogens is 262 g/mol.